The lowest BCUT2D eigenvalue weighted by Crippen LogP contribution is -2.27. The normalized spacial score (nSPS) is 19.7. The van der Waals surface area contributed by atoms with E-state index in [0.717, 1.165) is 6.07 Å². The number of methoxy groups -OCH3 is 1. The summed E-state index contributed by atoms with van der Waals surface area (Å²) in [6.07, 6.45) is -1.43. The molecule has 0 aromatic carbocycles. The van der Waals surface area contributed by atoms with Crippen LogP contribution in [0.3, 0.4) is 0 Å². The zero-order chi connectivity index (χ0) is 20.6. The van der Waals surface area contributed by atoms with E-state index in [2.05, 4.69) is 25.1 Å². The van der Waals surface area contributed by atoms with Gasteiger partial charge in [-0.25, -0.2) is 9.97 Å². The van der Waals surface area contributed by atoms with Gasteiger partial charge in [-0.3, -0.25) is 4.98 Å². The van der Waals surface area contributed by atoms with E-state index < -0.39 is 17.9 Å². The number of hydrogen-bond donors (Lipinski definition) is 0. The second-order valence-corrected chi connectivity index (χ2v) is 6.61. The summed E-state index contributed by atoms with van der Waals surface area (Å²) in [5, 5.41) is 3.79. The predicted octanol–water partition coefficient (Wildman–Crippen LogP) is 3.22. The van der Waals surface area contributed by atoms with Crippen molar-refractivity contribution < 1.29 is 22.4 Å². The number of rotatable bonds is 4. The Bertz CT molecular complexity index is 995. The Morgan fingerprint density at radius 3 is 2.55 bits per heavy atom. The molecule has 1 aliphatic heterocycles. The van der Waals surface area contributed by atoms with Crippen LogP contribution in [0, 0.1) is 6.92 Å². The third-order valence-electron chi connectivity index (χ3n) is 4.66. The highest BCUT2D eigenvalue weighted by Gasteiger charge is 2.40. The van der Waals surface area contributed by atoms with Crippen molar-refractivity contribution in [1.82, 2.24) is 25.1 Å². The standard InChI is InChI=1S/C18H17F3N6O2/c1-10-23-17(29-26-10)13-7-12(28-2)9-27(13)15-8-14(18(19,20)21)24-16(25-15)11-3-5-22-6-4-11/h3-6,8,12-13H,7,9H2,1-2H3. The maximum absolute atomic E-state index is 13.5. The number of nitrogens with zero attached hydrogens (tertiary/aromatic N) is 6. The quantitative estimate of drug-likeness (QED) is 0.653. The smallest absolute Gasteiger partial charge is 0.380 e. The molecule has 8 nitrogen and oxygen atoms in total. The zero-order valence-electron chi connectivity index (χ0n) is 15.6. The van der Waals surface area contributed by atoms with Crippen LogP contribution in [0.5, 0.6) is 0 Å². The number of aromatic nitrogens is 5. The fourth-order valence-corrected chi connectivity index (χ4v) is 3.26. The molecule has 1 aliphatic rings. The molecule has 0 saturated carbocycles. The highest BCUT2D eigenvalue weighted by atomic mass is 19.4. The highest BCUT2D eigenvalue weighted by molar-refractivity contribution is 5.58. The third kappa shape index (κ3) is 3.90. The fourth-order valence-electron chi connectivity index (χ4n) is 3.26. The molecule has 1 fully saturated rings. The van der Waals surface area contributed by atoms with Crippen LogP contribution in [0.1, 0.15) is 29.9 Å². The summed E-state index contributed by atoms with van der Waals surface area (Å²) in [5.41, 5.74) is -0.601. The van der Waals surface area contributed by atoms with Gasteiger partial charge in [0.2, 0.25) is 5.89 Å². The summed E-state index contributed by atoms with van der Waals surface area (Å²) in [4.78, 5) is 17.9. The first kappa shape index (κ1) is 19.2. The number of halogens is 3. The Kier molecular flexibility index (Phi) is 4.91. The first-order valence-corrected chi connectivity index (χ1v) is 8.81. The van der Waals surface area contributed by atoms with Crippen molar-refractivity contribution >= 4 is 5.82 Å². The molecule has 0 bridgehead atoms. The number of ether oxygens (including phenoxy) is 1. The highest BCUT2D eigenvalue weighted by Crippen LogP contribution is 2.38. The molecule has 0 radical (unpaired) electrons. The molecule has 11 heteroatoms. The van der Waals surface area contributed by atoms with Gasteiger partial charge < -0.3 is 14.2 Å². The summed E-state index contributed by atoms with van der Waals surface area (Å²) >= 11 is 0. The van der Waals surface area contributed by atoms with Crippen molar-refractivity contribution in [3.05, 3.63) is 48.0 Å². The van der Waals surface area contributed by atoms with Gasteiger partial charge in [0.05, 0.1) is 6.10 Å². The van der Waals surface area contributed by atoms with Crippen LogP contribution < -0.4 is 4.90 Å². The Morgan fingerprint density at radius 1 is 1.17 bits per heavy atom. The molecular formula is C18H17F3N6O2. The van der Waals surface area contributed by atoms with E-state index in [-0.39, 0.29) is 17.7 Å². The van der Waals surface area contributed by atoms with Crippen LogP contribution in [0.15, 0.2) is 35.1 Å². The molecular weight excluding hydrogens is 389 g/mol. The van der Waals surface area contributed by atoms with Crippen molar-refractivity contribution in [1.29, 1.82) is 0 Å². The van der Waals surface area contributed by atoms with E-state index in [1.54, 1.807) is 31.1 Å². The SMILES string of the molecule is COC1CC(c2nc(C)no2)N(c2cc(C(F)(F)F)nc(-c3ccncc3)n2)C1. The Balaban J connectivity index is 1.81. The first-order chi connectivity index (χ1) is 13.8. The molecule has 3 aromatic rings. The first-order valence-electron chi connectivity index (χ1n) is 8.81. The number of anilines is 1. The van der Waals surface area contributed by atoms with E-state index in [1.807, 2.05) is 0 Å². The number of hydrogen-bond acceptors (Lipinski definition) is 8. The number of alkyl halides is 3. The Hall–Kier alpha value is -3.08. The molecule has 0 N–H and O–H groups in total. The molecule has 29 heavy (non-hydrogen) atoms. The van der Waals surface area contributed by atoms with E-state index in [4.69, 9.17) is 9.26 Å². The average Bonchev–Trinajstić information content (AvgIpc) is 3.33. The molecule has 0 spiro atoms. The van der Waals surface area contributed by atoms with Crippen LogP contribution in [0.4, 0.5) is 19.0 Å². The largest absolute Gasteiger partial charge is 0.433 e. The van der Waals surface area contributed by atoms with Crippen LogP contribution >= 0.6 is 0 Å². The minimum absolute atomic E-state index is 0.0430. The van der Waals surface area contributed by atoms with Gasteiger partial charge in [0.25, 0.3) is 0 Å². The number of aryl methyl sites for hydroxylation is 1. The Morgan fingerprint density at radius 2 is 1.93 bits per heavy atom. The van der Waals surface area contributed by atoms with E-state index in [9.17, 15) is 13.2 Å². The predicted molar refractivity (Wildman–Crippen MR) is 94.8 cm³/mol. The van der Waals surface area contributed by atoms with Crippen LogP contribution in [0.2, 0.25) is 0 Å². The van der Waals surface area contributed by atoms with Crippen molar-refractivity contribution in [2.75, 3.05) is 18.6 Å². The molecule has 2 unspecified atom stereocenters. The van der Waals surface area contributed by atoms with E-state index >= 15 is 0 Å². The Labute approximate surface area is 163 Å². The molecule has 152 valence electrons. The van der Waals surface area contributed by atoms with Gasteiger partial charge in [0.1, 0.15) is 11.9 Å². The van der Waals surface area contributed by atoms with Gasteiger partial charge in [0.15, 0.2) is 17.3 Å². The fraction of sp³-hybridized carbons (Fsp3) is 0.389. The number of pyridine rings is 1. The molecule has 0 aliphatic carbocycles. The van der Waals surface area contributed by atoms with Gasteiger partial charge in [-0.2, -0.15) is 18.2 Å². The van der Waals surface area contributed by atoms with E-state index in [0.29, 0.717) is 30.2 Å². The van der Waals surface area contributed by atoms with Crippen molar-refractivity contribution in [2.45, 2.75) is 31.7 Å². The van der Waals surface area contributed by atoms with Gasteiger partial charge >= 0.3 is 6.18 Å². The maximum atomic E-state index is 13.5. The second kappa shape index (κ2) is 7.39. The minimum atomic E-state index is -4.63. The molecule has 1 saturated heterocycles. The topological polar surface area (TPSA) is 90.1 Å². The minimum Gasteiger partial charge on any atom is -0.380 e. The summed E-state index contributed by atoms with van der Waals surface area (Å²) in [6, 6.07) is 3.58. The summed E-state index contributed by atoms with van der Waals surface area (Å²) in [5.74, 6) is 0.815. The average molecular weight is 406 g/mol. The van der Waals surface area contributed by atoms with Crippen molar-refractivity contribution in [3.63, 3.8) is 0 Å². The molecule has 4 rings (SSSR count). The van der Waals surface area contributed by atoms with Gasteiger partial charge in [0, 0.05) is 44.1 Å². The lowest BCUT2D eigenvalue weighted by Gasteiger charge is -2.24. The summed E-state index contributed by atoms with van der Waals surface area (Å²) in [6.45, 7) is 2.00. The second-order valence-electron chi connectivity index (χ2n) is 6.61. The lowest BCUT2D eigenvalue weighted by molar-refractivity contribution is -0.141. The summed E-state index contributed by atoms with van der Waals surface area (Å²) < 4.78 is 51.3. The van der Waals surface area contributed by atoms with Gasteiger partial charge in [-0.1, -0.05) is 5.16 Å². The molecule has 2 atom stereocenters. The van der Waals surface area contributed by atoms with Crippen molar-refractivity contribution in [3.8, 4) is 11.4 Å². The maximum Gasteiger partial charge on any atom is 0.433 e. The van der Waals surface area contributed by atoms with E-state index in [1.165, 1.54) is 12.4 Å². The lowest BCUT2D eigenvalue weighted by atomic mass is 10.2. The van der Waals surface area contributed by atoms with Gasteiger partial charge in [-0.05, 0) is 19.1 Å². The summed E-state index contributed by atoms with van der Waals surface area (Å²) in [7, 11) is 1.55. The molecule has 3 aromatic heterocycles. The van der Waals surface area contributed by atoms with Gasteiger partial charge in [-0.15, -0.1) is 0 Å². The third-order valence-corrected chi connectivity index (χ3v) is 4.66. The molecule has 0 amide bonds. The molecule has 4 heterocycles. The van der Waals surface area contributed by atoms with Crippen molar-refractivity contribution in [2.24, 2.45) is 0 Å². The zero-order valence-corrected chi connectivity index (χ0v) is 15.6. The van der Waals surface area contributed by atoms with Crippen LogP contribution in [-0.4, -0.2) is 44.9 Å². The monoisotopic (exact) mass is 406 g/mol. The van der Waals surface area contributed by atoms with Crippen LogP contribution in [-0.2, 0) is 10.9 Å². The van der Waals surface area contributed by atoms with Crippen LogP contribution in [0.25, 0.3) is 11.4 Å².